The number of amides is 2. The molecule has 1 saturated heterocycles. The molecule has 2 aliphatic heterocycles. The first-order valence-electron chi connectivity index (χ1n) is 8.02. The highest BCUT2D eigenvalue weighted by molar-refractivity contribution is 8.01. The number of thioether (sulfide) groups is 2. The minimum absolute atomic E-state index is 0.128. The van der Waals surface area contributed by atoms with Crippen LogP contribution in [0.1, 0.15) is 12.8 Å². The van der Waals surface area contributed by atoms with Gasteiger partial charge in [-0.2, -0.15) is 10.5 Å². The van der Waals surface area contributed by atoms with Gasteiger partial charge in [-0.05, 0) is 10.8 Å². The van der Waals surface area contributed by atoms with Crippen LogP contribution in [0.15, 0.2) is 16.4 Å². The highest BCUT2D eigenvalue weighted by Gasteiger charge is 2.54. The maximum absolute atomic E-state index is 12.5. The average molecular weight is 439 g/mol. The molecule has 152 valence electrons. The Balaban J connectivity index is 1.89. The lowest BCUT2D eigenvalue weighted by Gasteiger charge is -2.50. The number of fused-ring (bicyclic) bond motifs is 1. The number of nitrogens with zero attached hydrogens (tertiary/aromatic N) is 5. The van der Waals surface area contributed by atoms with Crippen LogP contribution in [0.3, 0.4) is 0 Å². The second-order valence-corrected chi connectivity index (χ2v) is 8.14. The van der Waals surface area contributed by atoms with E-state index in [2.05, 4.69) is 25.9 Å². The number of carboxylic acids is 2. The predicted octanol–water partition coefficient (Wildman–Crippen LogP) is -1.21. The quantitative estimate of drug-likeness (QED) is 0.278. The Morgan fingerprint density at radius 3 is 2.79 bits per heavy atom. The summed E-state index contributed by atoms with van der Waals surface area (Å²) in [4.78, 5) is 48.4. The van der Waals surface area contributed by atoms with Gasteiger partial charge in [0.25, 0.3) is 5.91 Å². The largest absolute Gasteiger partial charge is 0.481 e. The molecule has 0 bridgehead atoms. The van der Waals surface area contributed by atoms with E-state index in [9.17, 15) is 29.4 Å². The lowest BCUT2D eigenvalue weighted by molar-refractivity contribution is -0.150. The molecule has 4 N–H and O–H groups in total. The number of β-lactam (4-membered cyclic amide) rings is 1. The van der Waals surface area contributed by atoms with E-state index in [1.54, 1.807) is 6.07 Å². The summed E-state index contributed by atoms with van der Waals surface area (Å²) in [7, 11) is 0. The minimum Gasteiger partial charge on any atom is -0.481 e. The zero-order valence-corrected chi connectivity index (χ0v) is 16.1. The summed E-state index contributed by atoms with van der Waals surface area (Å²) in [5, 5.41) is 41.7. The Kier molecular flexibility index (Phi) is 6.03. The summed E-state index contributed by atoms with van der Waals surface area (Å²) in [6.07, 6.45) is -0.836. The second kappa shape index (κ2) is 8.49. The van der Waals surface area contributed by atoms with Crippen molar-refractivity contribution in [2.75, 3.05) is 5.75 Å². The number of carbonyl (C=O) groups excluding carboxylic acids is 2. The number of H-pyrrole nitrogens is 1. The standard InChI is InChI=1S/C14H13N7O6S2/c15-2-1-7(22)16-9-11(25)21-10(13(26)27)5(4-28-12(9)21)6(3-8(23)24)29-14-17-19-20-18-14/h6,9,12H,1,3-4H2,(H,16,22)(H,23,24)(H,26,27)(H,17,18,19,20)/t6?,9?,12-/m0/s1. The molecule has 29 heavy (non-hydrogen) atoms. The smallest absolute Gasteiger partial charge is 0.352 e. The summed E-state index contributed by atoms with van der Waals surface area (Å²) < 4.78 is 0. The van der Waals surface area contributed by atoms with Gasteiger partial charge in [-0.1, -0.05) is 11.8 Å². The summed E-state index contributed by atoms with van der Waals surface area (Å²) in [5.41, 5.74) is -0.0714. The van der Waals surface area contributed by atoms with Gasteiger partial charge in [0, 0.05) is 11.0 Å². The fourth-order valence-corrected chi connectivity index (χ4v) is 5.44. The number of carboxylic acid groups (broad SMARTS) is 2. The summed E-state index contributed by atoms with van der Waals surface area (Å²) in [6, 6.07) is 0.726. The van der Waals surface area contributed by atoms with E-state index in [-0.39, 0.29) is 22.2 Å². The lowest BCUT2D eigenvalue weighted by atomic mass is 10.0. The first-order chi connectivity index (χ1) is 13.8. The van der Waals surface area contributed by atoms with Crippen LogP contribution in [0.25, 0.3) is 0 Å². The van der Waals surface area contributed by atoms with Crippen molar-refractivity contribution >= 4 is 47.3 Å². The third-order valence-electron chi connectivity index (χ3n) is 4.08. The van der Waals surface area contributed by atoms with Crippen molar-refractivity contribution in [3.63, 3.8) is 0 Å². The van der Waals surface area contributed by atoms with Gasteiger partial charge in [0.2, 0.25) is 11.1 Å². The topological polar surface area (TPSA) is 202 Å². The molecule has 0 aromatic carbocycles. The first kappa shape index (κ1) is 20.6. The van der Waals surface area contributed by atoms with Crippen molar-refractivity contribution in [2.24, 2.45) is 0 Å². The van der Waals surface area contributed by atoms with Crippen molar-refractivity contribution in [1.82, 2.24) is 30.8 Å². The number of rotatable bonds is 8. The Hall–Kier alpha value is -3.12. The van der Waals surface area contributed by atoms with Gasteiger partial charge in [-0.25, -0.2) is 4.79 Å². The summed E-state index contributed by atoms with van der Waals surface area (Å²) >= 11 is 2.12. The van der Waals surface area contributed by atoms with Gasteiger partial charge in [0.05, 0.1) is 12.5 Å². The molecular weight excluding hydrogens is 426 g/mol. The van der Waals surface area contributed by atoms with Gasteiger partial charge in [0.1, 0.15) is 23.5 Å². The van der Waals surface area contributed by atoms with E-state index in [0.717, 1.165) is 16.7 Å². The lowest BCUT2D eigenvalue weighted by Crippen LogP contribution is -2.70. The molecule has 3 heterocycles. The summed E-state index contributed by atoms with van der Waals surface area (Å²) in [5.74, 6) is -3.68. The van der Waals surface area contributed by atoms with E-state index < -0.39 is 53.3 Å². The highest BCUT2D eigenvalue weighted by atomic mass is 32.2. The van der Waals surface area contributed by atoms with Crippen molar-refractivity contribution in [3.05, 3.63) is 11.3 Å². The number of carbonyl (C=O) groups is 4. The van der Waals surface area contributed by atoms with Crippen molar-refractivity contribution in [1.29, 1.82) is 5.26 Å². The molecular formula is C14H13N7O6S2. The van der Waals surface area contributed by atoms with Crippen LogP contribution in [-0.2, 0) is 19.2 Å². The molecule has 3 atom stereocenters. The molecule has 2 aliphatic rings. The average Bonchev–Trinajstić information content (AvgIpc) is 3.17. The number of aromatic nitrogens is 4. The molecule has 0 saturated carbocycles. The predicted molar refractivity (Wildman–Crippen MR) is 96.0 cm³/mol. The number of tetrazole rings is 1. The van der Waals surface area contributed by atoms with Crippen molar-refractivity contribution < 1.29 is 29.4 Å². The zero-order chi connectivity index (χ0) is 21.1. The normalized spacial score (nSPS) is 21.6. The van der Waals surface area contributed by atoms with E-state index in [4.69, 9.17) is 5.26 Å². The third-order valence-corrected chi connectivity index (χ3v) is 6.50. The van der Waals surface area contributed by atoms with Crippen LogP contribution >= 0.6 is 23.5 Å². The van der Waals surface area contributed by atoms with Gasteiger partial charge in [0.15, 0.2) is 0 Å². The molecule has 15 heteroatoms. The molecule has 0 spiro atoms. The second-order valence-electron chi connectivity index (χ2n) is 5.87. The molecule has 2 amide bonds. The minimum atomic E-state index is -1.38. The Morgan fingerprint density at radius 1 is 1.45 bits per heavy atom. The third kappa shape index (κ3) is 4.17. The monoisotopic (exact) mass is 439 g/mol. The van der Waals surface area contributed by atoms with Gasteiger partial charge >= 0.3 is 11.9 Å². The zero-order valence-electron chi connectivity index (χ0n) is 14.4. The number of aromatic amines is 1. The molecule has 3 rings (SSSR count). The molecule has 13 nitrogen and oxygen atoms in total. The van der Waals surface area contributed by atoms with Crippen LogP contribution in [0, 0.1) is 11.3 Å². The molecule has 2 unspecified atom stereocenters. The van der Waals surface area contributed by atoms with E-state index in [1.807, 2.05) is 0 Å². The van der Waals surface area contributed by atoms with Crippen LogP contribution in [-0.4, -0.2) is 81.9 Å². The van der Waals surface area contributed by atoms with Gasteiger partial charge < -0.3 is 15.5 Å². The van der Waals surface area contributed by atoms with Gasteiger partial charge in [-0.15, -0.1) is 22.0 Å². The van der Waals surface area contributed by atoms with Gasteiger partial charge in [-0.3, -0.25) is 19.3 Å². The SMILES string of the molecule is N#CCC(=O)NC1C(=O)N2C(C(=O)O)=C(C(CC(=O)O)Sc3nn[nH]n3)CS[C@@H]12. The van der Waals surface area contributed by atoms with E-state index in [1.165, 1.54) is 11.8 Å². The number of nitrogens with one attached hydrogen (secondary N) is 2. The fourth-order valence-electron chi connectivity index (χ4n) is 2.91. The first-order valence-corrected chi connectivity index (χ1v) is 9.95. The number of hydrogen-bond acceptors (Lipinski definition) is 10. The Morgan fingerprint density at radius 2 is 2.21 bits per heavy atom. The van der Waals surface area contributed by atoms with Crippen LogP contribution in [0.5, 0.6) is 0 Å². The van der Waals surface area contributed by atoms with Crippen molar-refractivity contribution in [3.8, 4) is 6.07 Å². The summed E-state index contributed by atoms with van der Waals surface area (Å²) in [6.45, 7) is 0. The fraction of sp³-hybridized carbons (Fsp3) is 0.429. The number of nitriles is 1. The maximum Gasteiger partial charge on any atom is 0.352 e. The Bertz CT molecular complexity index is 927. The van der Waals surface area contributed by atoms with Crippen LogP contribution in [0.2, 0.25) is 0 Å². The number of hydrogen-bond donors (Lipinski definition) is 4. The molecule has 1 aromatic rings. The molecule has 1 aromatic heterocycles. The molecule has 0 aliphatic carbocycles. The number of aliphatic carboxylic acids is 2. The van der Waals surface area contributed by atoms with Crippen LogP contribution < -0.4 is 5.32 Å². The Labute approximate surface area is 170 Å². The highest BCUT2D eigenvalue weighted by Crippen LogP contribution is 2.44. The van der Waals surface area contributed by atoms with E-state index in [0.29, 0.717) is 0 Å². The maximum atomic E-state index is 12.5. The van der Waals surface area contributed by atoms with Crippen LogP contribution in [0.4, 0.5) is 0 Å². The molecule has 0 radical (unpaired) electrons. The van der Waals surface area contributed by atoms with E-state index >= 15 is 0 Å². The molecule has 1 fully saturated rings. The van der Waals surface area contributed by atoms with Crippen molar-refractivity contribution in [2.45, 2.75) is 34.7 Å².